The van der Waals surface area contributed by atoms with E-state index < -0.39 is 0 Å². The van der Waals surface area contributed by atoms with Crippen LogP contribution in [0.15, 0.2) is 48.5 Å². The van der Waals surface area contributed by atoms with Crippen LogP contribution in [0, 0.1) is 0 Å². The number of nitrogens with zero attached hydrogens (tertiary/aromatic N) is 2. The van der Waals surface area contributed by atoms with Gasteiger partial charge in [0.1, 0.15) is 0 Å². The largest absolute Gasteiger partial charge is 0.367 e. The van der Waals surface area contributed by atoms with E-state index in [-0.39, 0.29) is 5.91 Å². The van der Waals surface area contributed by atoms with Gasteiger partial charge in [0.05, 0.1) is 10.7 Å². The Morgan fingerprint density at radius 1 is 1.00 bits per heavy atom. The van der Waals surface area contributed by atoms with Gasteiger partial charge < -0.3 is 15.5 Å². The van der Waals surface area contributed by atoms with Crippen molar-refractivity contribution in [3.63, 3.8) is 0 Å². The second-order valence-corrected chi connectivity index (χ2v) is 6.04. The highest BCUT2D eigenvalue weighted by Gasteiger charge is 2.23. The molecule has 0 radical (unpaired) electrons. The molecular weight excluding hydrogens is 310 g/mol. The lowest BCUT2D eigenvalue weighted by atomic mass is 10.1. The number of halogens is 1. The third kappa shape index (κ3) is 3.49. The predicted octanol–water partition coefficient (Wildman–Crippen LogP) is 2.76. The first kappa shape index (κ1) is 15.8. The van der Waals surface area contributed by atoms with Crippen LogP contribution in [0.4, 0.5) is 5.69 Å². The second-order valence-electron chi connectivity index (χ2n) is 5.63. The first-order chi connectivity index (χ1) is 11.2. The summed E-state index contributed by atoms with van der Waals surface area (Å²) in [6.07, 6.45) is 0. The van der Waals surface area contributed by atoms with Crippen LogP contribution in [0.2, 0.25) is 5.02 Å². The summed E-state index contributed by atoms with van der Waals surface area (Å²) in [7, 11) is 0. The molecular formula is C18H20ClN3O. The van der Waals surface area contributed by atoms with Crippen molar-refractivity contribution in [3.8, 4) is 0 Å². The molecule has 5 heteroatoms. The molecule has 4 nitrogen and oxygen atoms in total. The zero-order valence-corrected chi connectivity index (χ0v) is 13.7. The van der Waals surface area contributed by atoms with Gasteiger partial charge in [-0.2, -0.15) is 0 Å². The molecule has 2 aromatic rings. The molecule has 0 atom stereocenters. The highest BCUT2D eigenvalue weighted by Crippen LogP contribution is 2.26. The molecule has 3 rings (SSSR count). The number of hydrogen-bond acceptors (Lipinski definition) is 3. The normalized spacial score (nSPS) is 14.9. The maximum atomic E-state index is 12.6. The highest BCUT2D eigenvalue weighted by atomic mass is 35.5. The summed E-state index contributed by atoms with van der Waals surface area (Å²) in [5, 5.41) is 0.754. The zero-order chi connectivity index (χ0) is 16.2. The van der Waals surface area contributed by atoms with E-state index >= 15 is 0 Å². The van der Waals surface area contributed by atoms with E-state index in [0.717, 1.165) is 29.4 Å². The molecule has 120 valence electrons. The quantitative estimate of drug-likeness (QED) is 0.942. The summed E-state index contributed by atoms with van der Waals surface area (Å²) in [5.41, 5.74) is 8.37. The Bertz CT molecular complexity index is 679. The summed E-state index contributed by atoms with van der Waals surface area (Å²) < 4.78 is 0. The second kappa shape index (κ2) is 7.02. The molecule has 0 unspecified atom stereocenters. The molecule has 1 aliphatic heterocycles. The third-order valence-electron chi connectivity index (χ3n) is 4.20. The lowest BCUT2D eigenvalue weighted by Crippen LogP contribution is -2.48. The molecule has 2 aromatic carbocycles. The van der Waals surface area contributed by atoms with Crippen molar-refractivity contribution in [3.05, 3.63) is 64.7 Å². The number of carbonyl (C=O) groups is 1. The Morgan fingerprint density at radius 3 is 2.26 bits per heavy atom. The molecule has 0 aromatic heterocycles. The number of amides is 1. The average molecular weight is 330 g/mol. The topological polar surface area (TPSA) is 49.6 Å². The minimum Gasteiger partial charge on any atom is -0.367 e. The molecule has 0 aliphatic carbocycles. The minimum atomic E-state index is 0.0763. The van der Waals surface area contributed by atoms with E-state index in [9.17, 15) is 4.79 Å². The number of piperazine rings is 1. The highest BCUT2D eigenvalue weighted by molar-refractivity contribution is 6.33. The van der Waals surface area contributed by atoms with Crippen LogP contribution >= 0.6 is 11.6 Å². The van der Waals surface area contributed by atoms with Gasteiger partial charge in [-0.1, -0.05) is 35.9 Å². The third-order valence-corrected chi connectivity index (χ3v) is 4.52. The molecule has 0 spiro atoms. The Hall–Kier alpha value is -2.04. The first-order valence-electron chi connectivity index (χ1n) is 7.77. The molecule has 1 fully saturated rings. The monoisotopic (exact) mass is 329 g/mol. The van der Waals surface area contributed by atoms with Crippen molar-refractivity contribution in [1.29, 1.82) is 0 Å². The molecule has 1 amide bonds. The van der Waals surface area contributed by atoms with Crippen LogP contribution in [0.3, 0.4) is 0 Å². The van der Waals surface area contributed by atoms with E-state index in [1.54, 1.807) is 0 Å². The van der Waals surface area contributed by atoms with Crippen molar-refractivity contribution in [2.75, 3.05) is 31.1 Å². The van der Waals surface area contributed by atoms with Gasteiger partial charge in [0, 0.05) is 38.3 Å². The number of nitrogens with two attached hydrogens (primary N) is 1. The summed E-state index contributed by atoms with van der Waals surface area (Å²) in [6.45, 7) is 3.46. The number of rotatable bonds is 3. The van der Waals surface area contributed by atoms with Gasteiger partial charge in [0.15, 0.2) is 0 Å². The minimum absolute atomic E-state index is 0.0763. The van der Waals surface area contributed by atoms with Crippen molar-refractivity contribution < 1.29 is 4.79 Å². The molecule has 23 heavy (non-hydrogen) atoms. The smallest absolute Gasteiger partial charge is 0.253 e. The van der Waals surface area contributed by atoms with Gasteiger partial charge in [-0.15, -0.1) is 0 Å². The lowest BCUT2D eigenvalue weighted by Gasteiger charge is -2.36. The fourth-order valence-corrected chi connectivity index (χ4v) is 3.08. The van der Waals surface area contributed by atoms with Crippen LogP contribution in [0.25, 0.3) is 0 Å². The Labute approximate surface area is 141 Å². The van der Waals surface area contributed by atoms with E-state index in [4.69, 9.17) is 17.3 Å². The van der Waals surface area contributed by atoms with Crippen molar-refractivity contribution in [2.24, 2.45) is 5.73 Å². The SMILES string of the molecule is NCc1ccc(C(=O)N2CCN(c3ccccc3Cl)CC2)cc1. The van der Waals surface area contributed by atoms with Gasteiger partial charge >= 0.3 is 0 Å². The Balaban J connectivity index is 1.64. The molecule has 1 heterocycles. The van der Waals surface area contributed by atoms with Crippen molar-refractivity contribution in [1.82, 2.24) is 4.90 Å². The molecule has 1 aliphatic rings. The van der Waals surface area contributed by atoms with Gasteiger partial charge in [-0.05, 0) is 29.8 Å². The van der Waals surface area contributed by atoms with Gasteiger partial charge in [-0.3, -0.25) is 4.79 Å². The van der Waals surface area contributed by atoms with Crippen molar-refractivity contribution in [2.45, 2.75) is 6.54 Å². The summed E-state index contributed by atoms with van der Waals surface area (Å²) in [4.78, 5) is 16.7. The number of carbonyl (C=O) groups excluding carboxylic acids is 1. The molecule has 1 saturated heterocycles. The molecule has 2 N–H and O–H groups in total. The summed E-state index contributed by atoms with van der Waals surface area (Å²) in [6, 6.07) is 15.4. The fraction of sp³-hybridized carbons (Fsp3) is 0.278. The maximum absolute atomic E-state index is 12.6. The Morgan fingerprint density at radius 2 is 1.65 bits per heavy atom. The van der Waals surface area contributed by atoms with E-state index in [1.807, 2.05) is 53.4 Å². The van der Waals surface area contributed by atoms with Crippen molar-refractivity contribution >= 4 is 23.2 Å². The molecule has 0 bridgehead atoms. The van der Waals surface area contributed by atoms with E-state index in [2.05, 4.69) is 4.90 Å². The van der Waals surface area contributed by atoms with Crippen LogP contribution in [-0.4, -0.2) is 37.0 Å². The van der Waals surface area contributed by atoms with Crippen LogP contribution in [0.5, 0.6) is 0 Å². The van der Waals surface area contributed by atoms with Gasteiger partial charge in [0.2, 0.25) is 0 Å². The fourth-order valence-electron chi connectivity index (χ4n) is 2.82. The first-order valence-corrected chi connectivity index (χ1v) is 8.14. The van der Waals surface area contributed by atoms with Gasteiger partial charge in [0.25, 0.3) is 5.91 Å². The predicted molar refractivity (Wildman–Crippen MR) is 93.9 cm³/mol. The van der Waals surface area contributed by atoms with Gasteiger partial charge in [-0.25, -0.2) is 0 Å². The summed E-state index contributed by atoms with van der Waals surface area (Å²) >= 11 is 6.25. The number of hydrogen-bond donors (Lipinski definition) is 1. The van der Waals surface area contributed by atoms with Crippen LogP contribution in [0.1, 0.15) is 15.9 Å². The number of anilines is 1. The van der Waals surface area contributed by atoms with Crippen LogP contribution < -0.4 is 10.6 Å². The molecule has 0 saturated carbocycles. The number of benzene rings is 2. The standard InChI is InChI=1S/C18H20ClN3O/c19-16-3-1-2-4-17(16)21-9-11-22(12-10-21)18(23)15-7-5-14(13-20)6-8-15/h1-8H,9-13,20H2. The van der Waals surface area contributed by atoms with E-state index in [1.165, 1.54) is 0 Å². The number of para-hydroxylation sites is 1. The maximum Gasteiger partial charge on any atom is 0.253 e. The Kier molecular flexibility index (Phi) is 4.84. The van der Waals surface area contributed by atoms with Crippen LogP contribution in [-0.2, 0) is 6.54 Å². The average Bonchev–Trinajstić information content (AvgIpc) is 2.62. The lowest BCUT2D eigenvalue weighted by molar-refractivity contribution is 0.0747. The summed E-state index contributed by atoms with van der Waals surface area (Å²) in [5.74, 6) is 0.0763. The van der Waals surface area contributed by atoms with E-state index in [0.29, 0.717) is 25.2 Å². The zero-order valence-electron chi connectivity index (χ0n) is 12.9.